The van der Waals surface area contributed by atoms with Crippen LogP contribution < -0.4 is 16.0 Å². The zero-order valence-corrected chi connectivity index (χ0v) is 11.7. The van der Waals surface area contributed by atoms with Gasteiger partial charge in [-0.05, 0) is 31.2 Å². The number of anilines is 2. The van der Waals surface area contributed by atoms with Crippen LogP contribution in [0.1, 0.15) is 6.92 Å². The maximum Gasteiger partial charge on any atom is 0.262 e. The molecule has 0 aliphatic heterocycles. The first kappa shape index (κ1) is 14.1. The van der Waals surface area contributed by atoms with Gasteiger partial charge in [-0.1, -0.05) is 6.07 Å². The summed E-state index contributed by atoms with van der Waals surface area (Å²) in [7, 11) is -3.72. The summed E-state index contributed by atoms with van der Waals surface area (Å²) in [5.41, 5.74) is 6.09. The van der Waals surface area contributed by atoms with Crippen LogP contribution in [0.3, 0.4) is 0 Å². The summed E-state index contributed by atoms with van der Waals surface area (Å²) in [4.78, 5) is 11.5. The molecule has 1 heterocycles. The molecule has 2 aromatic rings. The molecule has 0 atom stereocenters. The number of pyridine rings is 1. The lowest BCUT2D eigenvalue weighted by Crippen LogP contribution is -2.20. The highest BCUT2D eigenvalue weighted by atomic mass is 32.2. The van der Waals surface area contributed by atoms with Gasteiger partial charge in [0.05, 0.1) is 10.6 Å². The molecule has 106 valence electrons. The van der Waals surface area contributed by atoms with Crippen molar-refractivity contribution < 1.29 is 8.42 Å². The van der Waals surface area contributed by atoms with Gasteiger partial charge in [0, 0.05) is 24.5 Å². The second-order valence-electron chi connectivity index (χ2n) is 4.22. The zero-order chi connectivity index (χ0) is 14.8. The highest BCUT2D eigenvalue weighted by Gasteiger charge is 2.14. The van der Waals surface area contributed by atoms with E-state index in [4.69, 9.17) is 5.73 Å². The lowest BCUT2D eigenvalue weighted by molar-refractivity contribution is 0.601. The molecule has 0 spiro atoms. The third-order valence-electron chi connectivity index (χ3n) is 2.74. The van der Waals surface area contributed by atoms with Crippen LogP contribution in [0, 0.1) is 0 Å². The molecule has 0 radical (unpaired) electrons. The summed E-state index contributed by atoms with van der Waals surface area (Å²) in [6.45, 7) is 2.27. The average molecular weight is 293 g/mol. The predicted octanol–water partition coefficient (Wildman–Crippen LogP) is 1.25. The number of nitrogen functional groups attached to an aromatic ring is 1. The minimum absolute atomic E-state index is 0.0757. The first-order chi connectivity index (χ1) is 9.42. The van der Waals surface area contributed by atoms with Gasteiger partial charge in [0.2, 0.25) is 0 Å². The zero-order valence-electron chi connectivity index (χ0n) is 10.9. The van der Waals surface area contributed by atoms with Crippen molar-refractivity contribution in [3.63, 3.8) is 0 Å². The van der Waals surface area contributed by atoms with Crippen molar-refractivity contribution in [3.05, 3.63) is 52.9 Å². The standard InChI is InChI=1S/C13H15N3O3S/c1-2-16-9-11(6-7-13(16)17)15-20(18,19)12-5-3-4-10(14)8-12/h3-9,15H,2,14H2,1H3. The smallest absolute Gasteiger partial charge is 0.262 e. The molecule has 0 unspecified atom stereocenters. The third-order valence-corrected chi connectivity index (χ3v) is 4.12. The molecule has 2 rings (SSSR count). The van der Waals surface area contributed by atoms with E-state index in [1.165, 1.54) is 35.0 Å². The Bertz CT molecular complexity index is 781. The normalized spacial score (nSPS) is 11.2. The Balaban J connectivity index is 2.36. The van der Waals surface area contributed by atoms with E-state index in [2.05, 4.69) is 4.72 Å². The molecule has 1 aromatic heterocycles. The maximum absolute atomic E-state index is 12.2. The van der Waals surface area contributed by atoms with Gasteiger partial charge in [-0.2, -0.15) is 0 Å². The highest BCUT2D eigenvalue weighted by molar-refractivity contribution is 7.92. The summed E-state index contributed by atoms with van der Waals surface area (Å²) in [5, 5.41) is 0. The lowest BCUT2D eigenvalue weighted by Gasteiger charge is -2.10. The molecule has 3 N–H and O–H groups in total. The molecule has 0 fully saturated rings. The number of nitrogens with one attached hydrogen (secondary N) is 1. The van der Waals surface area contributed by atoms with E-state index in [9.17, 15) is 13.2 Å². The molecule has 0 bridgehead atoms. The summed E-state index contributed by atoms with van der Waals surface area (Å²) in [6, 6.07) is 8.75. The number of sulfonamides is 1. The lowest BCUT2D eigenvalue weighted by atomic mass is 10.3. The van der Waals surface area contributed by atoms with E-state index in [1.807, 2.05) is 0 Å². The van der Waals surface area contributed by atoms with Crippen molar-refractivity contribution in [2.75, 3.05) is 10.5 Å². The van der Waals surface area contributed by atoms with Crippen molar-refractivity contribution in [3.8, 4) is 0 Å². The number of rotatable bonds is 4. The van der Waals surface area contributed by atoms with Crippen LogP contribution in [-0.4, -0.2) is 13.0 Å². The number of hydrogen-bond acceptors (Lipinski definition) is 4. The van der Waals surface area contributed by atoms with Crippen molar-refractivity contribution in [2.24, 2.45) is 0 Å². The van der Waals surface area contributed by atoms with Crippen molar-refractivity contribution in [1.29, 1.82) is 0 Å². The van der Waals surface area contributed by atoms with E-state index in [0.29, 0.717) is 17.9 Å². The van der Waals surface area contributed by atoms with E-state index >= 15 is 0 Å². The van der Waals surface area contributed by atoms with Crippen molar-refractivity contribution in [1.82, 2.24) is 4.57 Å². The van der Waals surface area contributed by atoms with E-state index in [0.717, 1.165) is 0 Å². The number of aromatic nitrogens is 1. The quantitative estimate of drug-likeness (QED) is 0.829. The summed E-state index contributed by atoms with van der Waals surface area (Å²) in [5.74, 6) is 0. The first-order valence-corrected chi connectivity index (χ1v) is 7.49. The van der Waals surface area contributed by atoms with Crippen LogP contribution in [-0.2, 0) is 16.6 Å². The first-order valence-electron chi connectivity index (χ1n) is 6.01. The van der Waals surface area contributed by atoms with Gasteiger partial charge in [-0.15, -0.1) is 0 Å². The Morgan fingerprint density at radius 1 is 1.25 bits per heavy atom. The van der Waals surface area contributed by atoms with Crippen LogP contribution in [0.25, 0.3) is 0 Å². The molecule has 6 nitrogen and oxygen atoms in total. The van der Waals surface area contributed by atoms with Crippen LogP contribution in [0.5, 0.6) is 0 Å². The monoisotopic (exact) mass is 293 g/mol. The van der Waals surface area contributed by atoms with Gasteiger partial charge >= 0.3 is 0 Å². The minimum Gasteiger partial charge on any atom is -0.399 e. The molecule has 20 heavy (non-hydrogen) atoms. The summed E-state index contributed by atoms with van der Waals surface area (Å²) in [6.07, 6.45) is 1.46. The van der Waals surface area contributed by atoms with Gasteiger partial charge in [0.15, 0.2) is 0 Å². The fourth-order valence-electron chi connectivity index (χ4n) is 1.73. The van der Waals surface area contributed by atoms with E-state index < -0.39 is 10.0 Å². The Morgan fingerprint density at radius 2 is 2.00 bits per heavy atom. The average Bonchev–Trinajstić information content (AvgIpc) is 2.40. The molecule has 0 amide bonds. The van der Waals surface area contributed by atoms with Gasteiger partial charge in [0.25, 0.3) is 15.6 Å². The number of aryl methyl sites for hydroxylation is 1. The number of hydrogen-bond donors (Lipinski definition) is 2. The molecular formula is C13H15N3O3S. The highest BCUT2D eigenvalue weighted by Crippen LogP contribution is 2.17. The number of benzene rings is 1. The molecule has 0 saturated carbocycles. The molecule has 0 aliphatic carbocycles. The van der Waals surface area contributed by atoms with Crippen molar-refractivity contribution in [2.45, 2.75) is 18.4 Å². The molecular weight excluding hydrogens is 278 g/mol. The summed E-state index contributed by atoms with van der Waals surface area (Å²) >= 11 is 0. The van der Waals surface area contributed by atoms with Crippen LogP contribution in [0.2, 0.25) is 0 Å². The SMILES string of the molecule is CCn1cc(NS(=O)(=O)c2cccc(N)c2)ccc1=O. The van der Waals surface area contributed by atoms with E-state index in [1.54, 1.807) is 19.1 Å². The van der Waals surface area contributed by atoms with Gasteiger partial charge in [-0.25, -0.2) is 8.42 Å². The Kier molecular flexibility index (Phi) is 3.80. The molecule has 0 saturated heterocycles. The number of nitrogens with two attached hydrogens (primary N) is 1. The van der Waals surface area contributed by atoms with Crippen LogP contribution >= 0.6 is 0 Å². The second kappa shape index (κ2) is 5.38. The van der Waals surface area contributed by atoms with Gasteiger partial charge < -0.3 is 10.3 Å². The second-order valence-corrected chi connectivity index (χ2v) is 5.90. The van der Waals surface area contributed by atoms with Crippen LogP contribution in [0.15, 0.2) is 52.3 Å². The largest absolute Gasteiger partial charge is 0.399 e. The third kappa shape index (κ3) is 3.00. The van der Waals surface area contributed by atoms with Gasteiger partial charge in [0.1, 0.15) is 0 Å². The predicted molar refractivity (Wildman–Crippen MR) is 78.0 cm³/mol. The Labute approximate surface area is 116 Å². The molecule has 0 aliphatic rings. The topological polar surface area (TPSA) is 94.2 Å². The van der Waals surface area contributed by atoms with Crippen molar-refractivity contribution >= 4 is 21.4 Å². The fourth-order valence-corrected chi connectivity index (χ4v) is 2.83. The minimum atomic E-state index is -3.72. The van der Waals surface area contributed by atoms with Gasteiger partial charge in [-0.3, -0.25) is 9.52 Å². The Hall–Kier alpha value is -2.28. The maximum atomic E-state index is 12.2. The molecule has 1 aromatic carbocycles. The molecule has 7 heteroatoms. The summed E-state index contributed by atoms with van der Waals surface area (Å²) < 4.78 is 28.2. The van der Waals surface area contributed by atoms with E-state index in [-0.39, 0.29) is 10.5 Å². The Morgan fingerprint density at radius 3 is 2.65 bits per heavy atom. The van der Waals surface area contributed by atoms with Crippen LogP contribution in [0.4, 0.5) is 11.4 Å². The fraction of sp³-hybridized carbons (Fsp3) is 0.154. The number of nitrogens with zero attached hydrogens (tertiary/aromatic N) is 1.